The number of benzene rings is 1. The van der Waals surface area contributed by atoms with Gasteiger partial charge in [0.2, 0.25) is 5.88 Å². The molecule has 1 heterocycles. The van der Waals surface area contributed by atoms with Crippen LogP contribution in [0, 0.1) is 20.8 Å². The zero-order valence-electron chi connectivity index (χ0n) is 11.6. The van der Waals surface area contributed by atoms with Crippen LogP contribution >= 0.6 is 0 Å². The van der Waals surface area contributed by atoms with Crippen molar-refractivity contribution in [2.24, 2.45) is 7.05 Å². The highest BCUT2D eigenvalue weighted by molar-refractivity contribution is 5.52. The van der Waals surface area contributed by atoms with Gasteiger partial charge in [-0.25, -0.2) is 0 Å². The molecule has 0 saturated heterocycles. The third-order valence-corrected chi connectivity index (χ3v) is 3.31. The highest BCUT2D eigenvalue weighted by Crippen LogP contribution is 2.34. The molecular weight excluding hydrogens is 244 g/mol. The first-order chi connectivity index (χ1) is 8.93. The minimum Gasteiger partial charge on any atom is -0.507 e. The fourth-order valence-corrected chi connectivity index (χ4v) is 1.92. The van der Waals surface area contributed by atoms with Gasteiger partial charge in [0.05, 0.1) is 6.20 Å². The number of nitrogens with zero attached hydrogens (tertiary/aromatic N) is 2. The molecule has 2 N–H and O–H groups in total. The number of phenolic OH excluding ortho intramolecular Hbond substituents is 1. The Morgan fingerprint density at radius 3 is 2.53 bits per heavy atom. The number of phenols is 1. The quantitative estimate of drug-likeness (QED) is 0.891. The Balaban J connectivity index is 2.38. The van der Waals surface area contributed by atoms with Crippen LogP contribution in [0.3, 0.4) is 0 Å². The Bertz CT molecular complexity index is 618. The number of ether oxygens (including phenoxy) is 1. The molecule has 102 valence electrons. The Hall–Kier alpha value is -2.01. The SMILES string of the molecule is Cc1cc(Oc2cn(C)c(CO)n2)c(C)c(C)c1O. The summed E-state index contributed by atoms with van der Waals surface area (Å²) in [5.41, 5.74) is 2.43. The Labute approximate surface area is 112 Å². The van der Waals surface area contributed by atoms with E-state index in [0.29, 0.717) is 23.2 Å². The minimum atomic E-state index is -0.132. The fraction of sp³-hybridized carbons (Fsp3) is 0.357. The Morgan fingerprint density at radius 2 is 1.95 bits per heavy atom. The lowest BCUT2D eigenvalue weighted by atomic mass is 10.0. The summed E-state index contributed by atoms with van der Waals surface area (Å²) in [6.07, 6.45) is 1.71. The van der Waals surface area contributed by atoms with Gasteiger partial charge in [0, 0.05) is 7.05 Å². The first-order valence-electron chi connectivity index (χ1n) is 6.04. The highest BCUT2D eigenvalue weighted by Gasteiger charge is 2.13. The highest BCUT2D eigenvalue weighted by atomic mass is 16.5. The van der Waals surface area contributed by atoms with Crippen LogP contribution in [0.25, 0.3) is 0 Å². The molecule has 0 aliphatic heterocycles. The van der Waals surface area contributed by atoms with E-state index in [1.54, 1.807) is 23.9 Å². The number of aryl methyl sites for hydroxylation is 2. The van der Waals surface area contributed by atoms with E-state index in [0.717, 1.165) is 16.7 Å². The van der Waals surface area contributed by atoms with Crippen LogP contribution in [0.15, 0.2) is 12.3 Å². The maximum absolute atomic E-state index is 9.86. The minimum absolute atomic E-state index is 0.132. The largest absolute Gasteiger partial charge is 0.507 e. The molecule has 0 saturated carbocycles. The average molecular weight is 262 g/mol. The van der Waals surface area contributed by atoms with Crippen LogP contribution in [0.4, 0.5) is 0 Å². The molecule has 0 bridgehead atoms. The molecule has 0 spiro atoms. The second kappa shape index (κ2) is 4.93. The molecule has 0 radical (unpaired) electrons. The number of aliphatic hydroxyl groups excluding tert-OH is 1. The van der Waals surface area contributed by atoms with Gasteiger partial charge in [-0.15, -0.1) is 0 Å². The third-order valence-electron chi connectivity index (χ3n) is 3.31. The van der Waals surface area contributed by atoms with Gasteiger partial charge in [-0.1, -0.05) is 0 Å². The molecule has 0 aliphatic rings. The number of aliphatic hydroxyl groups is 1. The monoisotopic (exact) mass is 262 g/mol. The Kier molecular flexibility index (Phi) is 3.48. The summed E-state index contributed by atoms with van der Waals surface area (Å²) in [5, 5.41) is 19.0. The molecule has 0 fully saturated rings. The van der Waals surface area contributed by atoms with E-state index < -0.39 is 0 Å². The average Bonchev–Trinajstić information content (AvgIpc) is 2.73. The van der Waals surface area contributed by atoms with Gasteiger partial charge in [-0.05, 0) is 43.5 Å². The molecule has 5 heteroatoms. The second-order valence-electron chi connectivity index (χ2n) is 4.66. The molecule has 1 aromatic carbocycles. The van der Waals surface area contributed by atoms with Gasteiger partial charge < -0.3 is 19.5 Å². The zero-order chi connectivity index (χ0) is 14.2. The van der Waals surface area contributed by atoms with Crippen molar-refractivity contribution in [1.82, 2.24) is 9.55 Å². The van der Waals surface area contributed by atoms with E-state index in [1.807, 2.05) is 20.8 Å². The molecule has 0 amide bonds. The van der Waals surface area contributed by atoms with Gasteiger partial charge in [0.1, 0.15) is 23.9 Å². The summed E-state index contributed by atoms with van der Waals surface area (Å²) in [5.74, 6) is 1.93. The van der Waals surface area contributed by atoms with Crippen LogP contribution in [0.5, 0.6) is 17.4 Å². The number of hydrogen-bond donors (Lipinski definition) is 2. The molecular formula is C14H18N2O3. The summed E-state index contributed by atoms with van der Waals surface area (Å²) < 4.78 is 7.45. The van der Waals surface area contributed by atoms with Crippen molar-refractivity contribution in [2.75, 3.05) is 0 Å². The normalized spacial score (nSPS) is 10.8. The van der Waals surface area contributed by atoms with Crippen molar-refractivity contribution in [3.63, 3.8) is 0 Å². The van der Waals surface area contributed by atoms with E-state index in [9.17, 15) is 5.11 Å². The molecule has 0 aliphatic carbocycles. The molecule has 5 nitrogen and oxygen atoms in total. The van der Waals surface area contributed by atoms with Gasteiger partial charge in [0.25, 0.3) is 0 Å². The van der Waals surface area contributed by atoms with E-state index in [-0.39, 0.29) is 6.61 Å². The van der Waals surface area contributed by atoms with Crippen LogP contribution in [0.1, 0.15) is 22.5 Å². The Morgan fingerprint density at radius 1 is 1.26 bits per heavy atom. The predicted molar refractivity (Wildman–Crippen MR) is 71.5 cm³/mol. The molecule has 1 aromatic heterocycles. The third kappa shape index (κ3) is 2.42. The maximum atomic E-state index is 9.86. The van der Waals surface area contributed by atoms with Crippen molar-refractivity contribution < 1.29 is 14.9 Å². The topological polar surface area (TPSA) is 67.5 Å². The summed E-state index contributed by atoms with van der Waals surface area (Å²) in [7, 11) is 1.80. The van der Waals surface area contributed by atoms with E-state index in [1.165, 1.54) is 0 Å². The first kappa shape index (κ1) is 13.4. The van der Waals surface area contributed by atoms with Crippen molar-refractivity contribution in [3.8, 4) is 17.4 Å². The lowest BCUT2D eigenvalue weighted by Crippen LogP contribution is -1.95. The molecule has 19 heavy (non-hydrogen) atoms. The number of aromatic hydroxyl groups is 1. The molecule has 2 aromatic rings. The fourth-order valence-electron chi connectivity index (χ4n) is 1.92. The van der Waals surface area contributed by atoms with Gasteiger partial charge >= 0.3 is 0 Å². The molecule has 2 rings (SSSR count). The van der Waals surface area contributed by atoms with E-state index in [4.69, 9.17) is 9.84 Å². The van der Waals surface area contributed by atoms with Crippen molar-refractivity contribution in [2.45, 2.75) is 27.4 Å². The van der Waals surface area contributed by atoms with Crippen LogP contribution in [-0.2, 0) is 13.7 Å². The molecule has 0 unspecified atom stereocenters. The first-order valence-corrected chi connectivity index (χ1v) is 6.04. The lowest BCUT2D eigenvalue weighted by Gasteiger charge is -2.12. The standard InChI is InChI=1S/C14H18N2O3/c1-8-5-11(9(2)10(3)14(8)18)19-13-6-16(4)12(7-17)15-13/h5-6,17-18H,7H2,1-4H3. The van der Waals surface area contributed by atoms with Crippen molar-refractivity contribution in [1.29, 1.82) is 0 Å². The smallest absolute Gasteiger partial charge is 0.237 e. The van der Waals surface area contributed by atoms with Gasteiger partial charge in [-0.3, -0.25) is 0 Å². The van der Waals surface area contributed by atoms with Crippen molar-refractivity contribution >= 4 is 0 Å². The summed E-state index contributed by atoms with van der Waals surface area (Å²) >= 11 is 0. The zero-order valence-corrected chi connectivity index (χ0v) is 11.6. The summed E-state index contributed by atoms with van der Waals surface area (Å²) in [4.78, 5) is 4.17. The number of hydrogen-bond acceptors (Lipinski definition) is 4. The number of aromatic nitrogens is 2. The van der Waals surface area contributed by atoms with Crippen LogP contribution in [0.2, 0.25) is 0 Å². The summed E-state index contributed by atoms with van der Waals surface area (Å²) in [6, 6.07) is 1.78. The predicted octanol–water partition coefficient (Wildman–Crippen LogP) is 2.34. The van der Waals surface area contributed by atoms with Crippen LogP contribution < -0.4 is 4.74 Å². The molecule has 0 atom stereocenters. The van der Waals surface area contributed by atoms with E-state index in [2.05, 4.69) is 4.98 Å². The van der Waals surface area contributed by atoms with Gasteiger partial charge in [-0.2, -0.15) is 4.98 Å². The number of imidazole rings is 1. The van der Waals surface area contributed by atoms with E-state index >= 15 is 0 Å². The summed E-state index contributed by atoms with van der Waals surface area (Å²) in [6.45, 7) is 5.43. The maximum Gasteiger partial charge on any atom is 0.237 e. The number of rotatable bonds is 3. The second-order valence-corrected chi connectivity index (χ2v) is 4.66. The lowest BCUT2D eigenvalue weighted by molar-refractivity contribution is 0.266. The van der Waals surface area contributed by atoms with Crippen LogP contribution in [-0.4, -0.2) is 19.8 Å². The van der Waals surface area contributed by atoms with Gasteiger partial charge in [0.15, 0.2) is 0 Å². The van der Waals surface area contributed by atoms with Crippen molar-refractivity contribution in [3.05, 3.63) is 34.8 Å².